The molecule has 94 valence electrons. The number of carboxylic acids is 1. The van der Waals surface area contributed by atoms with Crippen molar-refractivity contribution in [1.29, 1.82) is 0 Å². The van der Waals surface area contributed by atoms with Crippen molar-refractivity contribution in [3.8, 4) is 5.75 Å². The van der Waals surface area contributed by atoms with Gasteiger partial charge in [-0.1, -0.05) is 12.1 Å². The van der Waals surface area contributed by atoms with E-state index < -0.39 is 5.97 Å². The maximum Gasteiger partial charge on any atom is 0.317 e. The minimum Gasteiger partial charge on any atom is -0.494 e. The topological polar surface area (TPSA) is 49.8 Å². The Morgan fingerprint density at radius 3 is 2.53 bits per heavy atom. The molecule has 0 aromatic heterocycles. The minimum absolute atomic E-state index is 0.0804. The number of hydrogen-bond acceptors (Lipinski definition) is 3. The first-order valence-corrected chi connectivity index (χ1v) is 5.74. The van der Waals surface area contributed by atoms with Gasteiger partial charge >= 0.3 is 5.97 Å². The average Bonchev–Trinajstić information content (AvgIpc) is 2.28. The van der Waals surface area contributed by atoms with Gasteiger partial charge in [0.15, 0.2) is 0 Å². The summed E-state index contributed by atoms with van der Waals surface area (Å²) in [4.78, 5) is 12.3. The van der Waals surface area contributed by atoms with E-state index in [1.54, 1.807) is 4.90 Å². The van der Waals surface area contributed by atoms with Crippen molar-refractivity contribution < 1.29 is 14.6 Å². The lowest BCUT2D eigenvalue weighted by Crippen LogP contribution is -2.27. The zero-order valence-electron chi connectivity index (χ0n) is 10.3. The van der Waals surface area contributed by atoms with Crippen LogP contribution in [0.3, 0.4) is 0 Å². The van der Waals surface area contributed by atoms with E-state index in [0.717, 1.165) is 18.7 Å². The third-order valence-electron chi connectivity index (χ3n) is 2.42. The van der Waals surface area contributed by atoms with Crippen molar-refractivity contribution in [2.24, 2.45) is 0 Å². The molecule has 0 radical (unpaired) electrons. The van der Waals surface area contributed by atoms with Crippen molar-refractivity contribution in [1.82, 2.24) is 4.90 Å². The average molecular weight is 237 g/mol. The Morgan fingerprint density at radius 1 is 1.35 bits per heavy atom. The van der Waals surface area contributed by atoms with Crippen molar-refractivity contribution >= 4 is 5.97 Å². The van der Waals surface area contributed by atoms with Crippen molar-refractivity contribution in [3.63, 3.8) is 0 Å². The van der Waals surface area contributed by atoms with Crippen LogP contribution in [-0.4, -0.2) is 42.7 Å². The maximum atomic E-state index is 10.5. The number of rotatable bonds is 7. The molecule has 1 aromatic carbocycles. The lowest BCUT2D eigenvalue weighted by Gasteiger charge is -2.13. The second-order valence-corrected chi connectivity index (χ2v) is 3.96. The van der Waals surface area contributed by atoms with Gasteiger partial charge < -0.3 is 9.84 Å². The lowest BCUT2D eigenvalue weighted by molar-refractivity contribution is -0.137. The van der Waals surface area contributed by atoms with Crippen LogP contribution in [0.1, 0.15) is 12.5 Å². The molecule has 1 rings (SSSR count). The summed E-state index contributed by atoms with van der Waals surface area (Å²) in [5.41, 5.74) is 1.19. The van der Waals surface area contributed by atoms with Crippen LogP contribution in [-0.2, 0) is 11.2 Å². The molecule has 1 aromatic rings. The van der Waals surface area contributed by atoms with Gasteiger partial charge in [-0.3, -0.25) is 9.69 Å². The molecular weight excluding hydrogens is 218 g/mol. The Bertz CT molecular complexity index is 348. The second-order valence-electron chi connectivity index (χ2n) is 3.96. The summed E-state index contributed by atoms with van der Waals surface area (Å²) in [5, 5.41) is 8.62. The molecule has 0 fully saturated rings. The van der Waals surface area contributed by atoms with Crippen LogP contribution in [0, 0.1) is 0 Å². The van der Waals surface area contributed by atoms with Gasteiger partial charge in [0.2, 0.25) is 0 Å². The zero-order chi connectivity index (χ0) is 12.7. The van der Waals surface area contributed by atoms with Gasteiger partial charge in [0.05, 0.1) is 13.2 Å². The number of aliphatic carboxylic acids is 1. The molecular formula is C13H19NO3. The van der Waals surface area contributed by atoms with E-state index in [0.29, 0.717) is 6.61 Å². The highest BCUT2D eigenvalue weighted by atomic mass is 16.5. The van der Waals surface area contributed by atoms with Crippen molar-refractivity contribution in [3.05, 3.63) is 29.8 Å². The molecule has 0 heterocycles. The van der Waals surface area contributed by atoms with Crippen LogP contribution in [0.25, 0.3) is 0 Å². The van der Waals surface area contributed by atoms with Gasteiger partial charge in [0, 0.05) is 6.54 Å². The minimum atomic E-state index is -0.792. The SMILES string of the molecule is CCOc1ccc(CCN(C)CC(=O)O)cc1. The molecule has 0 saturated carbocycles. The zero-order valence-corrected chi connectivity index (χ0v) is 10.3. The Labute approximate surface area is 102 Å². The first-order chi connectivity index (χ1) is 8.11. The first-order valence-electron chi connectivity index (χ1n) is 5.74. The van der Waals surface area contributed by atoms with Crippen LogP contribution in [0.4, 0.5) is 0 Å². The number of likely N-dealkylation sites (N-methyl/N-ethyl adjacent to an activating group) is 1. The summed E-state index contributed by atoms with van der Waals surface area (Å²) < 4.78 is 5.35. The molecule has 4 heteroatoms. The van der Waals surface area contributed by atoms with Crippen LogP contribution in [0.15, 0.2) is 24.3 Å². The standard InChI is InChI=1S/C13H19NO3/c1-3-17-12-6-4-11(5-7-12)8-9-14(2)10-13(15)16/h4-7H,3,8-10H2,1-2H3,(H,15,16). The molecule has 0 spiro atoms. The smallest absolute Gasteiger partial charge is 0.317 e. The molecule has 0 aliphatic heterocycles. The fourth-order valence-corrected chi connectivity index (χ4v) is 1.55. The Balaban J connectivity index is 2.38. The Morgan fingerprint density at radius 2 is 2.00 bits per heavy atom. The molecule has 1 N–H and O–H groups in total. The third kappa shape index (κ3) is 5.36. The van der Waals surface area contributed by atoms with Crippen LogP contribution in [0.2, 0.25) is 0 Å². The third-order valence-corrected chi connectivity index (χ3v) is 2.42. The summed E-state index contributed by atoms with van der Waals surface area (Å²) in [6.07, 6.45) is 0.843. The van der Waals surface area contributed by atoms with Gasteiger partial charge in [-0.05, 0) is 38.1 Å². The number of carboxylic acid groups (broad SMARTS) is 1. The molecule has 0 saturated heterocycles. The summed E-state index contributed by atoms with van der Waals surface area (Å²) in [6.45, 7) is 3.44. The predicted octanol–water partition coefficient (Wildman–Crippen LogP) is 1.64. The summed E-state index contributed by atoms with van der Waals surface area (Å²) in [7, 11) is 1.81. The summed E-state index contributed by atoms with van der Waals surface area (Å²) in [5.74, 6) is 0.0781. The lowest BCUT2D eigenvalue weighted by atomic mass is 10.1. The fraction of sp³-hybridized carbons (Fsp3) is 0.462. The summed E-state index contributed by atoms with van der Waals surface area (Å²) >= 11 is 0. The van der Waals surface area contributed by atoms with Gasteiger partial charge in [0.1, 0.15) is 5.75 Å². The Hall–Kier alpha value is -1.55. The van der Waals surface area contributed by atoms with E-state index in [1.807, 2.05) is 38.2 Å². The predicted molar refractivity (Wildman–Crippen MR) is 66.4 cm³/mol. The molecule has 0 unspecified atom stereocenters. The number of benzene rings is 1. The molecule has 0 aliphatic carbocycles. The number of hydrogen-bond donors (Lipinski definition) is 1. The van der Waals surface area contributed by atoms with E-state index >= 15 is 0 Å². The molecule has 0 bridgehead atoms. The van der Waals surface area contributed by atoms with E-state index in [1.165, 1.54) is 5.56 Å². The van der Waals surface area contributed by atoms with Crippen LogP contribution >= 0.6 is 0 Å². The number of nitrogens with zero attached hydrogens (tertiary/aromatic N) is 1. The summed E-state index contributed by atoms with van der Waals surface area (Å²) in [6, 6.07) is 7.91. The Kier molecular flexibility index (Phi) is 5.49. The molecule has 17 heavy (non-hydrogen) atoms. The largest absolute Gasteiger partial charge is 0.494 e. The van der Waals surface area contributed by atoms with Gasteiger partial charge in [-0.2, -0.15) is 0 Å². The van der Waals surface area contributed by atoms with E-state index in [4.69, 9.17) is 9.84 Å². The van der Waals surface area contributed by atoms with Gasteiger partial charge in [-0.25, -0.2) is 0 Å². The molecule has 0 amide bonds. The first kappa shape index (κ1) is 13.5. The molecule has 0 atom stereocenters. The van der Waals surface area contributed by atoms with E-state index in [9.17, 15) is 4.79 Å². The van der Waals surface area contributed by atoms with Crippen molar-refractivity contribution in [2.45, 2.75) is 13.3 Å². The highest BCUT2D eigenvalue weighted by molar-refractivity contribution is 5.68. The van der Waals surface area contributed by atoms with Crippen molar-refractivity contribution in [2.75, 3.05) is 26.7 Å². The number of ether oxygens (including phenoxy) is 1. The van der Waals surface area contributed by atoms with Gasteiger partial charge in [0.25, 0.3) is 0 Å². The monoisotopic (exact) mass is 237 g/mol. The van der Waals surface area contributed by atoms with E-state index in [2.05, 4.69) is 0 Å². The maximum absolute atomic E-state index is 10.5. The van der Waals surface area contributed by atoms with Gasteiger partial charge in [-0.15, -0.1) is 0 Å². The van der Waals surface area contributed by atoms with Crippen LogP contribution in [0.5, 0.6) is 5.75 Å². The quantitative estimate of drug-likeness (QED) is 0.783. The fourth-order valence-electron chi connectivity index (χ4n) is 1.55. The van der Waals surface area contributed by atoms with E-state index in [-0.39, 0.29) is 6.54 Å². The van der Waals surface area contributed by atoms with Crippen LogP contribution < -0.4 is 4.74 Å². The highest BCUT2D eigenvalue weighted by Crippen LogP contribution is 2.12. The molecule has 4 nitrogen and oxygen atoms in total. The number of carbonyl (C=O) groups is 1. The molecule has 0 aliphatic rings. The normalized spacial score (nSPS) is 10.5. The highest BCUT2D eigenvalue weighted by Gasteiger charge is 2.04. The second kappa shape index (κ2) is 6.91.